The third-order valence-electron chi connectivity index (χ3n) is 3.80. The van der Waals surface area contributed by atoms with Crippen molar-refractivity contribution in [3.8, 4) is 12.1 Å². The molecule has 29 heavy (non-hydrogen) atoms. The van der Waals surface area contributed by atoms with Crippen LogP contribution in [0.15, 0.2) is 41.5 Å². The molecule has 0 fully saturated rings. The highest BCUT2D eigenvalue weighted by Crippen LogP contribution is 2.35. The molecule has 0 heterocycles. The number of carboxylic acid groups (broad SMARTS) is 1. The number of benzene rings is 2. The van der Waals surface area contributed by atoms with Crippen molar-refractivity contribution in [2.75, 3.05) is 5.43 Å². The first-order valence-electron chi connectivity index (χ1n) is 8.00. The molecule has 2 aromatic rings. The lowest BCUT2D eigenvalue weighted by molar-refractivity contribution is -0.114. The Hall–Kier alpha value is -3.95. The van der Waals surface area contributed by atoms with E-state index in [1.807, 2.05) is 0 Å². The fourth-order valence-corrected chi connectivity index (χ4v) is 2.93. The van der Waals surface area contributed by atoms with Crippen LogP contribution in [0.5, 0.6) is 0 Å². The van der Waals surface area contributed by atoms with Crippen LogP contribution in [0.3, 0.4) is 0 Å². The van der Waals surface area contributed by atoms with Gasteiger partial charge in [0.25, 0.3) is 5.91 Å². The largest absolute Gasteiger partial charge is 0.465 e. The number of halogens is 2. The summed E-state index contributed by atoms with van der Waals surface area (Å²) in [4.78, 5) is 22.0. The van der Waals surface area contributed by atoms with Gasteiger partial charge in [0, 0.05) is 5.02 Å². The average Bonchev–Trinajstić information content (AvgIpc) is 2.65. The molecule has 3 N–H and O–H groups in total. The summed E-state index contributed by atoms with van der Waals surface area (Å²) < 4.78 is 13.2. The van der Waals surface area contributed by atoms with E-state index in [1.54, 1.807) is 13.0 Å². The minimum Gasteiger partial charge on any atom is -0.465 e. The normalized spacial score (nSPS) is 11.7. The van der Waals surface area contributed by atoms with Crippen LogP contribution in [-0.2, 0) is 4.79 Å². The number of imide groups is 1. The van der Waals surface area contributed by atoms with E-state index in [9.17, 15) is 19.2 Å². The highest BCUT2D eigenvalue weighted by atomic mass is 35.5. The van der Waals surface area contributed by atoms with Gasteiger partial charge in [0.05, 0.1) is 17.7 Å². The molecule has 8 nitrogen and oxygen atoms in total. The Bertz CT molecular complexity index is 1050. The number of hydrogen-bond acceptors (Lipinski definition) is 6. The van der Waals surface area contributed by atoms with Gasteiger partial charge in [-0.15, -0.1) is 0 Å². The molecular formula is C19H13ClFN5O3. The molecule has 146 valence electrons. The van der Waals surface area contributed by atoms with Crippen LogP contribution >= 0.6 is 11.6 Å². The van der Waals surface area contributed by atoms with Crippen molar-refractivity contribution in [1.29, 1.82) is 10.5 Å². The van der Waals surface area contributed by atoms with Crippen molar-refractivity contribution >= 4 is 35.0 Å². The van der Waals surface area contributed by atoms with E-state index in [1.165, 1.54) is 41.7 Å². The summed E-state index contributed by atoms with van der Waals surface area (Å²) in [7, 11) is 0. The average molecular weight is 414 g/mol. The third-order valence-corrected chi connectivity index (χ3v) is 4.11. The Morgan fingerprint density at radius 3 is 2.41 bits per heavy atom. The SMILES string of the molecule is Cc1cc(N/N=C(\C#N)C(=O)NC(=O)O)cc(Cl)c1C(C#N)c1ccc(F)cc1. The standard InChI is InChI=1S/C19H13ClFN5O3/c1-10-6-13(25-26-16(9-23)18(27)24-19(28)29)7-15(20)17(10)14(8-22)11-2-4-12(21)5-3-11/h2-7,14,25H,1H3,(H,24,27)(H,28,29)/b26-16+. The van der Waals surface area contributed by atoms with E-state index in [0.29, 0.717) is 22.4 Å². The van der Waals surface area contributed by atoms with Gasteiger partial charge < -0.3 is 5.11 Å². The van der Waals surface area contributed by atoms with Crippen molar-refractivity contribution in [1.82, 2.24) is 5.32 Å². The number of amides is 2. The summed E-state index contributed by atoms with van der Waals surface area (Å²) in [5, 5.41) is 32.3. The van der Waals surface area contributed by atoms with Gasteiger partial charge >= 0.3 is 6.09 Å². The first-order chi connectivity index (χ1) is 13.8. The molecule has 0 bridgehead atoms. The monoisotopic (exact) mass is 413 g/mol. The van der Waals surface area contributed by atoms with E-state index >= 15 is 0 Å². The molecule has 0 aliphatic carbocycles. The molecular weight excluding hydrogens is 401 g/mol. The Morgan fingerprint density at radius 1 is 1.24 bits per heavy atom. The quantitative estimate of drug-likeness (QED) is 0.506. The fraction of sp³-hybridized carbons (Fsp3) is 0.105. The molecule has 0 saturated carbocycles. The van der Waals surface area contributed by atoms with E-state index in [4.69, 9.17) is 22.0 Å². The number of aryl methyl sites for hydroxylation is 1. The highest BCUT2D eigenvalue weighted by molar-refractivity contribution is 6.46. The molecule has 1 atom stereocenters. The molecule has 0 saturated heterocycles. The number of hydrogen-bond donors (Lipinski definition) is 3. The van der Waals surface area contributed by atoms with Crippen molar-refractivity contribution < 1.29 is 19.1 Å². The number of anilines is 1. The number of carbonyl (C=O) groups excluding carboxylic acids is 1. The number of rotatable bonds is 5. The molecule has 2 amide bonds. The minimum absolute atomic E-state index is 0.215. The maximum absolute atomic E-state index is 13.2. The van der Waals surface area contributed by atoms with Crippen LogP contribution in [0.4, 0.5) is 14.9 Å². The number of hydrazone groups is 1. The van der Waals surface area contributed by atoms with Crippen molar-refractivity contribution in [2.24, 2.45) is 5.10 Å². The Morgan fingerprint density at radius 2 is 1.90 bits per heavy atom. The fourth-order valence-electron chi connectivity index (χ4n) is 2.55. The molecule has 10 heteroatoms. The van der Waals surface area contributed by atoms with Crippen LogP contribution in [0.1, 0.15) is 22.6 Å². The molecule has 1 unspecified atom stereocenters. The third kappa shape index (κ3) is 5.28. The number of nitrogens with one attached hydrogen (secondary N) is 2. The topological polar surface area (TPSA) is 138 Å². The van der Waals surface area contributed by atoms with Gasteiger partial charge in [-0.05, 0) is 47.9 Å². The van der Waals surface area contributed by atoms with Gasteiger partial charge in [-0.1, -0.05) is 23.7 Å². The lowest BCUT2D eigenvalue weighted by atomic mass is 9.89. The maximum Gasteiger partial charge on any atom is 0.411 e. The van der Waals surface area contributed by atoms with Crippen LogP contribution in [0.2, 0.25) is 5.02 Å². The molecule has 2 aromatic carbocycles. The van der Waals surface area contributed by atoms with Gasteiger partial charge in [-0.25, -0.2) is 9.18 Å². The molecule has 2 rings (SSSR count). The Labute approximate surface area is 169 Å². The van der Waals surface area contributed by atoms with Gasteiger partial charge in [0.1, 0.15) is 11.9 Å². The summed E-state index contributed by atoms with van der Waals surface area (Å²) in [6, 6.07) is 12.1. The van der Waals surface area contributed by atoms with E-state index in [2.05, 4.69) is 16.6 Å². The lowest BCUT2D eigenvalue weighted by Crippen LogP contribution is -2.34. The molecule has 0 aliphatic heterocycles. The smallest absolute Gasteiger partial charge is 0.411 e. The molecule has 0 spiro atoms. The predicted molar refractivity (Wildman–Crippen MR) is 103 cm³/mol. The molecule has 0 aliphatic rings. The summed E-state index contributed by atoms with van der Waals surface area (Å²) >= 11 is 6.33. The summed E-state index contributed by atoms with van der Waals surface area (Å²) in [6.07, 6.45) is -1.62. The molecule has 0 aromatic heterocycles. The summed E-state index contributed by atoms with van der Waals surface area (Å²) in [5.41, 5.74) is 3.75. The van der Waals surface area contributed by atoms with Gasteiger partial charge in [-0.3, -0.25) is 15.5 Å². The first kappa shape index (κ1) is 21.4. The Balaban J connectivity index is 2.33. The Kier molecular flexibility index (Phi) is 6.85. The maximum atomic E-state index is 13.2. The zero-order chi connectivity index (χ0) is 21.6. The predicted octanol–water partition coefficient (Wildman–Crippen LogP) is 3.53. The van der Waals surface area contributed by atoms with Crippen molar-refractivity contribution in [3.63, 3.8) is 0 Å². The number of nitrogens with zero attached hydrogens (tertiary/aromatic N) is 3. The zero-order valence-corrected chi connectivity index (χ0v) is 15.7. The number of nitriles is 2. The lowest BCUT2D eigenvalue weighted by Gasteiger charge is -2.16. The van der Waals surface area contributed by atoms with Crippen LogP contribution in [0, 0.1) is 35.4 Å². The molecule has 0 radical (unpaired) electrons. The van der Waals surface area contributed by atoms with Crippen molar-refractivity contribution in [2.45, 2.75) is 12.8 Å². The van der Waals surface area contributed by atoms with Crippen molar-refractivity contribution in [3.05, 3.63) is 63.9 Å². The second-order valence-electron chi connectivity index (χ2n) is 5.75. The zero-order valence-electron chi connectivity index (χ0n) is 14.9. The second kappa shape index (κ2) is 9.31. The van der Waals surface area contributed by atoms with E-state index < -0.39 is 29.4 Å². The van der Waals surface area contributed by atoms with Gasteiger partial charge in [-0.2, -0.15) is 15.6 Å². The summed E-state index contributed by atoms with van der Waals surface area (Å²) in [5.74, 6) is -2.35. The summed E-state index contributed by atoms with van der Waals surface area (Å²) in [6.45, 7) is 1.70. The van der Waals surface area contributed by atoms with Gasteiger partial charge in [0.2, 0.25) is 5.71 Å². The minimum atomic E-state index is -1.62. The van der Waals surface area contributed by atoms with Crippen LogP contribution in [-0.4, -0.2) is 22.8 Å². The van der Waals surface area contributed by atoms with E-state index in [0.717, 1.165) is 0 Å². The first-order valence-corrected chi connectivity index (χ1v) is 8.37. The van der Waals surface area contributed by atoms with Gasteiger partial charge in [0.15, 0.2) is 0 Å². The number of carbonyl (C=O) groups is 2. The highest BCUT2D eigenvalue weighted by Gasteiger charge is 2.20. The van der Waals surface area contributed by atoms with Crippen LogP contribution in [0.25, 0.3) is 0 Å². The second-order valence-corrected chi connectivity index (χ2v) is 6.15. The van der Waals surface area contributed by atoms with E-state index in [-0.39, 0.29) is 5.02 Å². The van der Waals surface area contributed by atoms with Crippen LogP contribution < -0.4 is 10.7 Å².